The molecule has 1 aliphatic heterocycles. The lowest BCUT2D eigenvalue weighted by Gasteiger charge is -2.10. The van der Waals surface area contributed by atoms with Crippen molar-refractivity contribution in [2.45, 2.75) is 6.92 Å². The maximum absolute atomic E-state index is 5.47. The van der Waals surface area contributed by atoms with Crippen molar-refractivity contribution in [2.24, 2.45) is 4.99 Å². The lowest BCUT2D eigenvalue weighted by molar-refractivity contribution is 0.495. The zero-order chi connectivity index (χ0) is 8.55. The molecule has 2 heterocycles. The molecule has 0 amide bonds. The van der Waals surface area contributed by atoms with Crippen LogP contribution in [0.15, 0.2) is 21.5 Å². The molecule has 12 heavy (non-hydrogen) atoms. The van der Waals surface area contributed by atoms with Crippen LogP contribution in [-0.4, -0.2) is 30.9 Å². The van der Waals surface area contributed by atoms with E-state index in [0.29, 0.717) is 0 Å². The third-order valence-electron chi connectivity index (χ3n) is 2.02. The Kier molecular flexibility index (Phi) is 1.64. The lowest BCUT2D eigenvalue weighted by atomic mass is 10.4. The summed E-state index contributed by atoms with van der Waals surface area (Å²) in [5.41, 5.74) is 0. The average molecular weight is 164 g/mol. The van der Waals surface area contributed by atoms with E-state index in [2.05, 4.69) is 9.89 Å². The molecular formula is C9H12N2O. The van der Waals surface area contributed by atoms with Crippen molar-refractivity contribution in [2.75, 3.05) is 20.1 Å². The molecule has 0 saturated carbocycles. The Morgan fingerprint density at radius 1 is 1.50 bits per heavy atom. The zero-order valence-electron chi connectivity index (χ0n) is 7.37. The van der Waals surface area contributed by atoms with Gasteiger partial charge in [-0.1, -0.05) is 0 Å². The quantitative estimate of drug-likeness (QED) is 0.625. The highest BCUT2D eigenvalue weighted by molar-refractivity contribution is 5.97. The molecule has 0 bridgehead atoms. The van der Waals surface area contributed by atoms with Gasteiger partial charge in [0.1, 0.15) is 5.76 Å². The van der Waals surface area contributed by atoms with Gasteiger partial charge in [0.05, 0.1) is 6.54 Å². The van der Waals surface area contributed by atoms with Crippen LogP contribution in [0.1, 0.15) is 11.5 Å². The Hall–Kier alpha value is -1.25. The van der Waals surface area contributed by atoms with Crippen molar-refractivity contribution < 1.29 is 4.42 Å². The number of nitrogens with zero attached hydrogens (tertiary/aromatic N) is 2. The molecule has 1 aromatic heterocycles. The second kappa shape index (κ2) is 2.66. The van der Waals surface area contributed by atoms with Gasteiger partial charge in [-0.15, -0.1) is 0 Å². The Morgan fingerprint density at radius 2 is 2.33 bits per heavy atom. The third kappa shape index (κ3) is 1.11. The summed E-state index contributed by atoms with van der Waals surface area (Å²) in [6.07, 6.45) is 0. The minimum absolute atomic E-state index is 0.881. The van der Waals surface area contributed by atoms with Crippen LogP contribution in [0.5, 0.6) is 0 Å². The first kappa shape index (κ1) is 7.40. The maximum Gasteiger partial charge on any atom is 0.169 e. The van der Waals surface area contributed by atoms with Gasteiger partial charge < -0.3 is 9.32 Å². The second-order valence-electron chi connectivity index (χ2n) is 3.04. The van der Waals surface area contributed by atoms with Gasteiger partial charge in [-0.3, -0.25) is 4.99 Å². The molecule has 0 spiro atoms. The number of aryl methyl sites for hydroxylation is 1. The molecule has 0 aromatic carbocycles. The molecule has 64 valence electrons. The first-order chi connectivity index (χ1) is 5.77. The second-order valence-corrected chi connectivity index (χ2v) is 3.04. The van der Waals surface area contributed by atoms with Crippen LogP contribution >= 0.6 is 0 Å². The number of rotatable bonds is 1. The summed E-state index contributed by atoms with van der Waals surface area (Å²) in [4.78, 5) is 6.46. The number of hydrogen-bond donors (Lipinski definition) is 0. The number of furan rings is 1. The SMILES string of the molecule is Cc1ccc(C2=NCCN2C)o1. The van der Waals surface area contributed by atoms with E-state index in [0.717, 1.165) is 30.4 Å². The summed E-state index contributed by atoms with van der Waals surface area (Å²) in [5.74, 6) is 2.80. The van der Waals surface area contributed by atoms with Crippen molar-refractivity contribution in [3.63, 3.8) is 0 Å². The average Bonchev–Trinajstić information content (AvgIpc) is 2.58. The van der Waals surface area contributed by atoms with E-state index in [1.807, 2.05) is 26.1 Å². The summed E-state index contributed by atoms with van der Waals surface area (Å²) in [7, 11) is 2.03. The van der Waals surface area contributed by atoms with Gasteiger partial charge in [-0.05, 0) is 19.1 Å². The Balaban J connectivity index is 2.30. The van der Waals surface area contributed by atoms with Gasteiger partial charge >= 0.3 is 0 Å². The van der Waals surface area contributed by atoms with E-state index in [4.69, 9.17) is 4.42 Å². The molecule has 0 radical (unpaired) electrons. The van der Waals surface area contributed by atoms with Crippen molar-refractivity contribution in [1.82, 2.24) is 4.90 Å². The normalized spacial score (nSPS) is 16.8. The molecule has 3 heteroatoms. The summed E-state index contributed by atoms with van der Waals surface area (Å²) in [6, 6.07) is 3.93. The maximum atomic E-state index is 5.47. The number of likely N-dealkylation sites (N-methyl/N-ethyl adjacent to an activating group) is 1. The molecule has 0 unspecified atom stereocenters. The minimum atomic E-state index is 0.881. The van der Waals surface area contributed by atoms with E-state index in [1.54, 1.807) is 0 Å². The molecule has 0 atom stereocenters. The van der Waals surface area contributed by atoms with Gasteiger partial charge in [0.15, 0.2) is 11.6 Å². The molecule has 0 N–H and O–H groups in total. The first-order valence-electron chi connectivity index (χ1n) is 4.10. The van der Waals surface area contributed by atoms with E-state index >= 15 is 0 Å². The fourth-order valence-corrected chi connectivity index (χ4v) is 1.35. The Bertz CT molecular complexity index is 314. The number of amidine groups is 1. The van der Waals surface area contributed by atoms with Crippen LogP contribution in [0.3, 0.4) is 0 Å². The van der Waals surface area contributed by atoms with Gasteiger partial charge in [0.25, 0.3) is 0 Å². The van der Waals surface area contributed by atoms with E-state index in [1.165, 1.54) is 0 Å². The fraction of sp³-hybridized carbons (Fsp3) is 0.444. The highest BCUT2D eigenvalue weighted by Gasteiger charge is 2.16. The molecule has 1 aliphatic rings. The van der Waals surface area contributed by atoms with Crippen LogP contribution in [-0.2, 0) is 0 Å². The van der Waals surface area contributed by atoms with Crippen LogP contribution in [0.2, 0.25) is 0 Å². The van der Waals surface area contributed by atoms with Crippen LogP contribution in [0, 0.1) is 6.92 Å². The standard InChI is InChI=1S/C9H12N2O/c1-7-3-4-8(12-7)9-10-5-6-11(9)2/h3-4H,5-6H2,1-2H3. The largest absolute Gasteiger partial charge is 0.458 e. The van der Waals surface area contributed by atoms with E-state index < -0.39 is 0 Å². The predicted octanol–water partition coefficient (Wildman–Crippen LogP) is 1.28. The van der Waals surface area contributed by atoms with Crippen LogP contribution in [0.25, 0.3) is 0 Å². The lowest BCUT2D eigenvalue weighted by Crippen LogP contribution is -2.22. The van der Waals surface area contributed by atoms with Crippen LogP contribution in [0.4, 0.5) is 0 Å². The monoisotopic (exact) mass is 164 g/mol. The predicted molar refractivity (Wildman–Crippen MR) is 47.5 cm³/mol. The van der Waals surface area contributed by atoms with Crippen LogP contribution < -0.4 is 0 Å². The Morgan fingerprint density at radius 3 is 2.83 bits per heavy atom. The molecule has 0 fully saturated rings. The number of aliphatic imine (C=N–C) groups is 1. The molecule has 3 nitrogen and oxygen atoms in total. The van der Waals surface area contributed by atoms with Gasteiger partial charge in [-0.2, -0.15) is 0 Å². The number of hydrogen-bond acceptors (Lipinski definition) is 3. The van der Waals surface area contributed by atoms with Crippen molar-refractivity contribution in [3.05, 3.63) is 23.7 Å². The fourth-order valence-electron chi connectivity index (χ4n) is 1.35. The van der Waals surface area contributed by atoms with Crippen molar-refractivity contribution in [3.8, 4) is 0 Å². The Labute approximate surface area is 71.7 Å². The van der Waals surface area contributed by atoms with Gasteiger partial charge in [-0.25, -0.2) is 0 Å². The third-order valence-corrected chi connectivity index (χ3v) is 2.02. The minimum Gasteiger partial charge on any atom is -0.458 e. The molecule has 0 aliphatic carbocycles. The highest BCUT2D eigenvalue weighted by Crippen LogP contribution is 2.12. The topological polar surface area (TPSA) is 28.7 Å². The summed E-state index contributed by atoms with van der Waals surface area (Å²) < 4.78 is 5.47. The summed E-state index contributed by atoms with van der Waals surface area (Å²) in [6.45, 7) is 3.82. The van der Waals surface area contributed by atoms with E-state index in [9.17, 15) is 0 Å². The molecular weight excluding hydrogens is 152 g/mol. The molecule has 2 rings (SSSR count). The van der Waals surface area contributed by atoms with Crippen molar-refractivity contribution >= 4 is 5.84 Å². The first-order valence-corrected chi connectivity index (χ1v) is 4.10. The van der Waals surface area contributed by atoms with Gasteiger partial charge in [0, 0.05) is 13.6 Å². The summed E-state index contributed by atoms with van der Waals surface area (Å²) in [5, 5.41) is 0. The van der Waals surface area contributed by atoms with Crippen molar-refractivity contribution in [1.29, 1.82) is 0 Å². The van der Waals surface area contributed by atoms with E-state index in [-0.39, 0.29) is 0 Å². The van der Waals surface area contributed by atoms with Gasteiger partial charge in [0.2, 0.25) is 0 Å². The highest BCUT2D eigenvalue weighted by atomic mass is 16.3. The molecule has 1 aromatic rings. The molecule has 0 saturated heterocycles. The summed E-state index contributed by atoms with van der Waals surface area (Å²) >= 11 is 0. The smallest absolute Gasteiger partial charge is 0.169 e. The zero-order valence-corrected chi connectivity index (χ0v) is 7.37.